The Hall–Kier alpha value is -1.84. The van der Waals surface area contributed by atoms with Gasteiger partial charge in [0.25, 0.3) is 0 Å². The third-order valence-electron chi connectivity index (χ3n) is 2.69. The minimum absolute atomic E-state index is 0.179. The molecule has 4 nitrogen and oxygen atoms in total. The summed E-state index contributed by atoms with van der Waals surface area (Å²) in [7, 11) is 0. The second-order valence-corrected chi connectivity index (χ2v) is 4.27. The first kappa shape index (κ1) is 15.2. The van der Waals surface area contributed by atoms with Crippen LogP contribution in [0.25, 0.3) is 0 Å². The molecule has 0 fully saturated rings. The Labute approximate surface area is 114 Å². The summed E-state index contributed by atoms with van der Waals surface area (Å²) in [6.07, 6.45) is 1.85. The van der Waals surface area contributed by atoms with Crippen LogP contribution in [0.5, 0.6) is 0 Å². The van der Waals surface area contributed by atoms with Gasteiger partial charge in [0.15, 0.2) is 0 Å². The van der Waals surface area contributed by atoms with Crippen molar-refractivity contribution in [1.82, 2.24) is 4.90 Å². The van der Waals surface area contributed by atoms with Crippen molar-refractivity contribution < 1.29 is 14.3 Å². The summed E-state index contributed by atoms with van der Waals surface area (Å²) in [6, 6.07) is 9.38. The van der Waals surface area contributed by atoms with Crippen LogP contribution in [0.15, 0.2) is 30.3 Å². The van der Waals surface area contributed by atoms with Crippen LogP contribution in [0.3, 0.4) is 0 Å². The van der Waals surface area contributed by atoms with Crippen LogP contribution in [0, 0.1) is 6.92 Å². The molecule has 19 heavy (non-hydrogen) atoms. The average Bonchev–Trinajstić information content (AvgIpc) is 2.42. The summed E-state index contributed by atoms with van der Waals surface area (Å²) in [5.74, 6) is -0.290. The smallest absolute Gasteiger partial charge is 0.416 e. The van der Waals surface area contributed by atoms with Gasteiger partial charge in [-0.3, -0.25) is 4.79 Å². The summed E-state index contributed by atoms with van der Waals surface area (Å²) >= 11 is 0. The number of nitrogens with zero attached hydrogens (tertiary/aromatic N) is 1. The number of hydrogen-bond donors (Lipinski definition) is 0. The third-order valence-corrected chi connectivity index (χ3v) is 2.69. The van der Waals surface area contributed by atoms with Crippen molar-refractivity contribution in [2.75, 3.05) is 6.54 Å². The molecule has 0 aliphatic heterocycles. The first-order valence-corrected chi connectivity index (χ1v) is 6.43. The molecule has 1 aromatic carbocycles. The largest absolute Gasteiger partial charge is 0.444 e. The number of carbonyl (C=O) groups is 2. The van der Waals surface area contributed by atoms with E-state index in [4.69, 9.17) is 4.74 Å². The topological polar surface area (TPSA) is 46.6 Å². The maximum absolute atomic E-state index is 11.8. The molecular formula is C15H20NO3. The maximum Gasteiger partial charge on any atom is 0.416 e. The molecule has 0 atom stereocenters. The molecule has 1 aromatic rings. The van der Waals surface area contributed by atoms with Crippen molar-refractivity contribution in [3.05, 3.63) is 42.8 Å². The number of hydrogen-bond acceptors (Lipinski definition) is 3. The number of carbonyl (C=O) groups excluding carboxylic acids is 2. The highest BCUT2D eigenvalue weighted by Crippen LogP contribution is 2.05. The van der Waals surface area contributed by atoms with E-state index < -0.39 is 6.09 Å². The van der Waals surface area contributed by atoms with Crippen molar-refractivity contribution in [3.63, 3.8) is 0 Å². The first-order valence-electron chi connectivity index (χ1n) is 6.43. The van der Waals surface area contributed by atoms with E-state index in [9.17, 15) is 9.59 Å². The maximum atomic E-state index is 11.8. The zero-order valence-corrected chi connectivity index (χ0v) is 11.3. The van der Waals surface area contributed by atoms with E-state index >= 15 is 0 Å². The lowest BCUT2D eigenvalue weighted by atomic mass is 10.2. The third kappa shape index (κ3) is 5.55. The Bertz CT molecular complexity index is 403. The van der Waals surface area contributed by atoms with Crippen LogP contribution >= 0.6 is 0 Å². The number of ether oxygens (including phenoxy) is 1. The summed E-state index contributed by atoms with van der Waals surface area (Å²) in [4.78, 5) is 24.4. The van der Waals surface area contributed by atoms with E-state index in [0.717, 1.165) is 29.7 Å². The highest BCUT2D eigenvalue weighted by atomic mass is 16.6. The minimum Gasteiger partial charge on any atom is -0.444 e. The molecule has 0 N–H and O–H groups in total. The van der Waals surface area contributed by atoms with Gasteiger partial charge in [-0.2, -0.15) is 0 Å². The van der Waals surface area contributed by atoms with E-state index in [-0.39, 0.29) is 12.5 Å². The van der Waals surface area contributed by atoms with E-state index in [2.05, 4.69) is 6.92 Å². The lowest BCUT2D eigenvalue weighted by Crippen LogP contribution is -2.36. The predicted molar refractivity (Wildman–Crippen MR) is 73.2 cm³/mol. The number of unbranched alkanes of at least 4 members (excludes halogenated alkanes) is 2. The molecular weight excluding hydrogens is 242 g/mol. The van der Waals surface area contributed by atoms with Crippen molar-refractivity contribution in [2.24, 2.45) is 0 Å². The van der Waals surface area contributed by atoms with Gasteiger partial charge in [-0.15, -0.1) is 0 Å². The number of imide groups is 1. The van der Waals surface area contributed by atoms with E-state index in [1.165, 1.54) is 6.92 Å². The quantitative estimate of drug-likeness (QED) is 0.740. The normalized spacial score (nSPS) is 10.0. The van der Waals surface area contributed by atoms with Gasteiger partial charge in [0.05, 0.1) is 0 Å². The van der Waals surface area contributed by atoms with Gasteiger partial charge in [-0.05, 0) is 12.0 Å². The molecule has 0 aromatic heterocycles. The average molecular weight is 262 g/mol. The predicted octanol–water partition coefficient (Wildman–Crippen LogP) is 3.18. The molecule has 0 bridgehead atoms. The van der Waals surface area contributed by atoms with Crippen molar-refractivity contribution >= 4 is 12.0 Å². The van der Waals surface area contributed by atoms with Gasteiger partial charge >= 0.3 is 6.09 Å². The summed E-state index contributed by atoms with van der Waals surface area (Å²) in [5, 5.41) is 0. The molecule has 2 amide bonds. The monoisotopic (exact) mass is 262 g/mol. The van der Waals surface area contributed by atoms with Gasteiger partial charge in [0, 0.05) is 13.5 Å². The number of amides is 2. The standard InChI is InChI=1S/C15H20NO3/c1-3-4-8-11-16(13(2)17)15(18)19-12-14-9-6-5-7-10-14/h5-7,9-10H,1,3-4,8,11-12H2,2H3. The molecule has 0 heterocycles. The summed E-state index contributed by atoms with van der Waals surface area (Å²) in [5.41, 5.74) is 0.900. The summed E-state index contributed by atoms with van der Waals surface area (Å²) < 4.78 is 5.13. The lowest BCUT2D eigenvalue weighted by Gasteiger charge is -2.18. The molecule has 0 aliphatic carbocycles. The van der Waals surface area contributed by atoms with Crippen LogP contribution in [0.1, 0.15) is 31.7 Å². The first-order chi connectivity index (χ1) is 9.15. The molecule has 0 saturated heterocycles. The summed E-state index contributed by atoms with van der Waals surface area (Å²) in [6.45, 7) is 5.66. The molecule has 1 rings (SSSR count). The zero-order valence-electron chi connectivity index (χ0n) is 11.3. The van der Waals surface area contributed by atoms with Crippen LogP contribution in [-0.2, 0) is 16.1 Å². The molecule has 0 aliphatic rings. The van der Waals surface area contributed by atoms with Gasteiger partial charge in [-0.25, -0.2) is 9.69 Å². The second-order valence-electron chi connectivity index (χ2n) is 4.27. The van der Waals surface area contributed by atoms with E-state index in [1.807, 2.05) is 30.3 Å². The van der Waals surface area contributed by atoms with Crippen LogP contribution in [0.4, 0.5) is 4.79 Å². The highest BCUT2D eigenvalue weighted by Gasteiger charge is 2.18. The Morgan fingerprint density at radius 2 is 1.89 bits per heavy atom. The molecule has 103 valence electrons. The van der Waals surface area contributed by atoms with Gasteiger partial charge in [-0.1, -0.05) is 50.1 Å². The fourth-order valence-corrected chi connectivity index (χ4v) is 1.62. The Balaban J connectivity index is 2.46. The van der Waals surface area contributed by atoms with Crippen LogP contribution in [-0.4, -0.2) is 23.4 Å². The second kappa shape index (κ2) is 8.29. The molecule has 1 radical (unpaired) electrons. The van der Waals surface area contributed by atoms with Crippen molar-refractivity contribution in [2.45, 2.75) is 32.8 Å². The lowest BCUT2D eigenvalue weighted by molar-refractivity contribution is -0.127. The van der Waals surface area contributed by atoms with Crippen LogP contribution < -0.4 is 0 Å². The highest BCUT2D eigenvalue weighted by molar-refractivity contribution is 5.90. The Morgan fingerprint density at radius 3 is 2.47 bits per heavy atom. The SMILES string of the molecule is [CH2]CCCCN(C(C)=O)C(=O)OCc1ccccc1. The van der Waals surface area contributed by atoms with Gasteiger partial charge in [0.1, 0.15) is 6.61 Å². The molecule has 0 unspecified atom stereocenters. The van der Waals surface area contributed by atoms with Crippen molar-refractivity contribution in [3.8, 4) is 0 Å². The molecule has 0 saturated carbocycles. The number of benzene rings is 1. The fraction of sp³-hybridized carbons (Fsp3) is 0.400. The Kier molecular flexibility index (Phi) is 6.64. The van der Waals surface area contributed by atoms with E-state index in [1.54, 1.807) is 0 Å². The molecule has 4 heteroatoms. The van der Waals surface area contributed by atoms with Crippen LogP contribution in [0.2, 0.25) is 0 Å². The van der Waals surface area contributed by atoms with Gasteiger partial charge in [0.2, 0.25) is 5.91 Å². The van der Waals surface area contributed by atoms with Crippen molar-refractivity contribution in [1.29, 1.82) is 0 Å². The zero-order chi connectivity index (χ0) is 14.1. The minimum atomic E-state index is -0.583. The Morgan fingerprint density at radius 1 is 1.21 bits per heavy atom. The van der Waals surface area contributed by atoms with E-state index in [0.29, 0.717) is 6.54 Å². The molecule has 0 spiro atoms. The fourth-order valence-electron chi connectivity index (χ4n) is 1.62. The van der Waals surface area contributed by atoms with Gasteiger partial charge < -0.3 is 4.74 Å². The number of rotatable bonds is 6.